The molecule has 1 aliphatic rings. The molecule has 0 bridgehead atoms. The number of nitro benzene ring substituents is 1. The van der Waals surface area contributed by atoms with E-state index in [4.69, 9.17) is 21.7 Å². The van der Waals surface area contributed by atoms with Crippen LogP contribution in [-0.2, 0) is 9.47 Å². The first-order chi connectivity index (χ1) is 8.66. The van der Waals surface area contributed by atoms with Crippen LogP contribution in [0.5, 0.6) is 0 Å². The number of nitrogens with one attached hydrogen (secondary N) is 2. The molecule has 0 radical (unpaired) electrons. The normalized spacial score (nSPS) is 15.3. The SMILES string of the molecule is O=[N+]([O-])c1ccccc1NC(=S)NC1OCCO1. The Morgan fingerprint density at radius 2 is 2.06 bits per heavy atom. The standard InChI is InChI=1S/C10H11N3O4S/c14-13(15)8-4-2-1-3-7(8)11-9(18)12-10-16-5-6-17-10/h1-4,10H,5-6H2,(H2,11,12,18). The monoisotopic (exact) mass is 269 g/mol. The van der Waals surface area contributed by atoms with Gasteiger partial charge in [0.1, 0.15) is 5.69 Å². The van der Waals surface area contributed by atoms with Crippen LogP contribution in [0.25, 0.3) is 0 Å². The van der Waals surface area contributed by atoms with Crippen LogP contribution in [0.15, 0.2) is 24.3 Å². The predicted octanol–water partition coefficient (Wildman–Crippen LogP) is 1.21. The van der Waals surface area contributed by atoms with Gasteiger partial charge in [0.25, 0.3) is 5.69 Å². The van der Waals surface area contributed by atoms with E-state index in [0.717, 1.165) is 0 Å². The number of nitrogens with zero attached hydrogens (tertiary/aromatic N) is 1. The minimum atomic E-state index is -0.604. The molecule has 96 valence electrons. The number of benzene rings is 1. The molecule has 1 aromatic rings. The minimum absolute atomic E-state index is 0.0464. The Morgan fingerprint density at radius 3 is 2.72 bits per heavy atom. The van der Waals surface area contributed by atoms with Crippen LogP contribution in [0.4, 0.5) is 11.4 Å². The predicted molar refractivity (Wildman–Crippen MR) is 68.1 cm³/mol. The van der Waals surface area contributed by atoms with Crippen molar-refractivity contribution in [1.82, 2.24) is 5.32 Å². The van der Waals surface area contributed by atoms with Gasteiger partial charge in [-0.05, 0) is 18.3 Å². The van der Waals surface area contributed by atoms with E-state index < -0.39 is 11.3 Å². The highest BCUT2D eigenvalue weighted by Gasteiger charge is 2.18. The number of ether oxygens (including phenoxy) is 2. The van der Waals surface area contributed by atoms with E-state index in [9.17, 15) is 10.1 Å². The number of anilines is 1. The Kier molecular flexibility index (Phi) is 4.03. The van der Waals surface area contributed by atoms with Crippen molar-refractivity contribution in [3.63, 3.8) is 0 Å². The number of para-hydroxylation sites is 2. The molecule has 0 unspecified atom stereocenters. The van der Waals surface area contributed by atoms with Crippen LogP contribution in [0, 0.1) is 10.1 Å². The summed E-state index contributed by atoms with van der Waals surface area (Å²) in [4.78, 5) is 10.3. The van der Waals surface area contributed by atoms with Crippen molar-refractivity contribution in [3.05, 3.63) is 34.4 Å². The largest absolute Gasteiger partial charge is 0.333 e. The number of hydrogen-bond acceptors (Lipinski definition) is 5. The summed E-state index contributed by atoms with van der Waals surface area (Å²) in [5.41, 5.74) is 0.271. The fourth-order valence-electron chi connectivity index (χ4n) is 1.45. The van der Waals surface area contributed by atoms with Gasteiger partial charge in [0.05, 0.1) is 18.1 Å². The van der Waals surface area contributed by atoms with E-state index in [2.05, 4.69) is 10.6 Å². The summed E-state index contributed by atoms with van der Waals surface area (Å²) in [6.45, 7) is 0.984. The maximum absolute atomic E-state index is 10.8. The van der Waals surface area contributed by atoms with E-state index in [0.29, 0.717) is 18.9 Å². The third-order valence-electron chi connectivity index (χ3n) is 2.22. The van der Waals surface area contributed by atoms with Crippen LogP contribution in [-0.4, -0.2) is 29.7 Å². The van der Waals surface area contributed by atoms with Crippen LogP contribution in [0.2, 0.25) is 0 Å². The van der Waals surface area contributed by atoms with Gasteiger partial charge in [-0.3, -0.25) is 10.1 Å². The summed E-state index contributed by atoms with van der Waals surface area (Å²) in [6, 6.07) is 6.24. The molecule has 0 saturated carbocycles. The first-order valence-corrected chi connectivity index (χ1v) is 5.62. The van der Waals surface area contributed by atoms with Crippen molar-refractivity contribution >= 4 is 28.7 Å². The first-order valence-electron chi connectivity index (χ1n) is 5.21. The molecule has 0 atom stereocenters. The summed E-state index contributed by atoms with van der Waals surface area (Å²) >= 11 is 5.01. The van der Waals surface area contributed by atoms with Crippen molar-refractivity contribution in [1.29, 1.82) is 0 Å². The molecule has 1 fully saturated rings. The average Bonchev–Trinajstić information content (AvgIpc) is 2.82. The topological polar surface area (TPSA) is 85.7 Å². The fourth-order valence-corrected chi connectivity index (χ4v) is 1.65. The smallest absolute Gasteiger partial charge is 0.292 e. The van der Waals surface area contributed by atoms with Gasteiger partial charge in [-0.1, -0.05) is 12.1 Å². The number of nitro groups is 1. The molecule has 1 aromatic carbocycles. The average molecular weight is 269 g/mol. The van der Waals surface area contributed by atoms with E-state index in [1.807, 2.05) is 0 Å². The minimum Gasteiger partial charge on any atom is -0.333 e. The molecule has 0 spiro atoms. The van der Waals surface area contributed by atoms with Gasteiger partial charge in [-0.25, -0.2) is 0 Å². The molecule has 18 heavy (non-hydrogen) atoms. The van der Waals surface area contributed by atoms with Crippen molar-refractivity contribution in [2.45, 2.75) is 6.41 Å². The number of thiocarbonyl (C=S) groups is 1. The first kappa shape index (κ1) is 12.7. The van der Waals surface area contributed by atoms with Crippen LogP contribution >= 0.6 is 12.2 Å². The highest BCUT2D eigenvalue weighted by atomic mass is 32.1. The molecule has 1 saturated heterocycles. The summed E-state index contributed by atoms with van der Waals surface area (Å²) in [6.07, 6.45) is -0.604. The van der Waals surface area contributed by atoms with E-state index >= 15 is 0 Å². The van der Waals surface area contributed by atoms with Crippen molar-refractivity contribution in [3.8, 4) is 0 Å². The van der Waals surface area contributed by atoms with Gasteiger partial charge < -0.3 is 20.1 Å². The second kappa shape index (κ2) is 5.71. The summed E-state index contributed by atoms with van der Waals surface area (Å²) < 4.78 is 10.3. The van der Waals surface area contributed by atoms with Gasteiger partial charge in [-0.2, -0.15) is 0 Å². The molecule has 0 aromatic heterocycles. The Morgan fingerprint density at radius 1 is 1.39 bits per heavy atom. The molecule has 1 aliphatic heterocycles. The van der Waals surface area contributed by atoms with Gasteiger partial charge >= 0.3 is 0 Å². The zero-order valence-electron chi connectivity index (χ0n) is 9.29. The highest BCUT2D eigenvalue weighted by molar-refractivity contribution is 7.80. The zero-order valence-corrected chi connectivity index (χ0v) is 10.1. The molecule has 0 aliphatic carbocycles. The number of rotatable bonds is 3. The van der Waals surface area contributed by atoms with Crippen molar-refractivity contribution in [2.75, 3.05) is 18.5 Å². The number of hydrogen-bond donors (Lipinski definition) is 2. The second-order valence-corrected chi connectivity index (χ2v) is 3.85. The van der Waals surface area contributed by atoms with E-state index in [-0.39, 0.29) is 10.8 Å². The van der Waals surface area contributed by atoms with Gasteiger partial charge in [0.2, 0.25) is 6.41 Å². The van der Waals surface area contributed by atoms with Gasteiger partial charge in [-0.15, -0.1) is 0 Å². The lowest BCUT2D eigenvalue weighted by molar-refractivity contribution is -0.383. The lowest BCUT2D eigenvalue weighted by atomic mass is 10.3. The third kappa shape index (κ3) is 3.13. The van der Waals surface area contributed by atoms with Gasteiger partial charge in [0.15, 0.2) is 5.11 Å². The summed E-state index contributed by atoms with van der Waals surface area (Å²) in [5.74, 6) is 0. The van der Waals surface area contributed by atoms with Crippen LogP contribution < -0.4 is 10.6 Å². The Labute approximate surface area is 108 Å². The lowest BCUT2D eigenvalue weighted by Crippen LogP contribution is -2.38. The molecule has 8 heteroatoms. The third-order valence-corrected chi connectivity index (χ3v) is 2.44. The molecule has 7 nitrogen and oxygen atoms in total. The Hall–Kier alpha value is -1.77. The maximum atomic E-state index is 10.8. The van der Waals surface area contributed by atoms with Crippen molar-refractivity contribution < 1.29 is 14.4 Å². The fraction of sp³-hybridized carbons (Fsp3) is 0.300. The zero-order chi connectivity index (χ0) is 13.0. The molecule has 1 heterocycles. The van der Waals surface area contributed by atoms with Crippen molar-refractivity contribution in [2.24, 2.45) is 0 Å². The quantitative estimate of drug-likeness (QED) is 0.484. The van der Waals surface area contributed by atoms with E-state index in [1.165, 1.54) is 6.07 Å². The van der Waals surface area contributed by atoms with E-state index in [1.54, 1.807) is 18.2 Å². The second-order valence-electron chi connectivity index (χ2n) is 3.45. The van der Waals surface area contributed by atoms with Crippen LogP contribution in [0.1, 0.15) is 0 Å². The van der Waals surface area contributed by atoms with Gasteiger partial charge in [0, 0.05) is 6.07 Å². The molecule has 2 N–H and O–H groups in total. The Bertz CT molecular complexity index is 462. The summed E-state index contributed by atoms with van der Waals surface area (Å²) in [5, 5.41) is 16.5. The summed E-state index contributed by atoms with van der Waals surface area (Å²) in [7, 11) is 0. The highest BCUT2D eigenvalue weighted by Crippen LogP contribution is 2.22. The molecular formula is C10H11N3O4S. The molecule has 2 rings (SSSR count). The Balaban J connectivity index is 2.00. The maximum Gasteiger partial charge on any atom is 0.292 e. The lowest BCUT2D eigenvalue weighted by Gasteiger charge is -2.14. The molecular weight excluding hydrogens is 258 g/mol. The molecule has 0 amide bonds. The van der Waals surface area contributed by atoms with Crippen LogP contribution in [0.3, 0.4) is 0 Å².